The van der Waals surface area contributed by atoms with Crippen molar-refractivity contribution in [2.24, 2.45) is 0 Å². The molecule has 0 bridgehead atoms. The van der Waals surface area contributed by atoms with Crippen LogP contribution in [0, 0.1) is 5.82 Å². The third-order valence-corrected chi connectivity index (χ3v) is 4.79. The zero-order valence-corrected chi connectivity index (χ0v) is 15.2. The molecular weight excluding hydrogens is 359 g/mol. The molecule has 0 aliphatic heterocycles. The van der Waals surface area contributed by atoms with Crippen molar-refractivity contribution in [1.29, 1.82) is 0 Å². The second kappa shape index (κ2) is 8.09. The number of nitrogens with zero attached hydrogens (tertiary/aromatic N) is 1. The average Bonchev–Trinajstić information content (AvgIpc) is 2.54. The summed E-state index contributed by atoms with van der Waals surface area (Å²) in [4.78, 5) is 23.6. The highest BCUT2D eigenvalue weighted by atomic mass is 32.2. The first-order valence-corrected chi connectivity index (χ1v) is 9.66. The summed E-state index contributed by atoms with van der Waals surface area (Å²) in [7, 11) is -3.65. The molecule has 0 atom stereocenters. The number of hydrogen-bond acceptors (Lipinski definition) is 4. The molecule has 0 saturated carbocycles. The molecule has 0 aliphatic rings. The number of carbonyl (C=O) groups excluding carboxylic acids is 2. The zero-order chi connectivity index (χ0) is 19.3. The van der Waals surface area contributed by atoms with Crippen LogP contribution in [-0.2, 0) is 14.8 Å². The van der Waals surface area contributed by atoms with Gasteiger partial charge < -0.3 is 5.32 Å². The van der Waals surface area contributed by atoms with E-state index in [2.05, 4.69) is 5.32 Å². The minimum Gasteiger partial charge on any atom is -0.326 e. The number of Topliss-reactive ketones (excluding diaryl/α,β-unsaturated/α-hetero) is 1. The molecule has 2 aromatic rings. The van der Waals surface area contributed by atoms with Crippen LogP contribution < -0.4 is 9.62 Å². The number of anilines is 2. The van der Waals surface area contributed by atoms with Crippen LogP contribution in [0.25, 0.3) is 0 Å². The van der Waals surface area contributed by atoms with Crippen molar-refractivity contribution in [1.82, 2.24) is 0 Å². The van der Waals surface area contributed by atoms with Gasteiger partial charge in [0, 0.05) is 24.2 Å². The number of hydrogen-bond donors (Lipinski definition) is 1. The number of rotatable bonds is 7. The molecule has 0 aliphatic carbocycles. The number of sulfonamides is 1. The molecule has 8 heteroatoms. The highest BCUT2D eigenvalue weighted by Gasteiger charge is 2.19. The summed E-state index contributed by atoms with van der Waals surface area (Å²) in [5, 5.41) is 2.52. The Morgan fingerprint density at radius 1 is 1.12 bits per heavy atom. The fraction of sp³-hybridized carbons (Fsp3) is 0.222. The van der Waals surface area contributed by atoms with Gasteiger partial charge in [0.15, 0.2) is 5.78 Å². The second-order valence-electron chi connectivity index (χ2n) is 5.75. The molecule has 0 fully saturated rings. The molecule has 6 nitrogen and oxygen atoms in total. The number of halogens is 1. The van der Waals surface area contributed by atoms with Crippen molar-refractivity contribution >= 4 is 33.1 Å². The third kappa shape index (κ3) is 5.38. The van der Waals surface area contributed by atoms with Gasteiger partial charge in [-0.1, -0.05) is 18.2 Å². The summed E-state index contributed by atoms with van der Waals surface area (Å²) >= 11 is 0. The highest BCUT2D eigenvalue weighted by Crippen LogP contribution is 2.20. The van der Waals surface area contributed by atoms with E-state index in [1.807, 2.05) is 0 Å². The molecule has 0 aromatic heterocycles. The first-order valence-electron chi connectivity index (χ1n) is 7.81. The summed E-state index contributed by atoms with van der Waals surface area (Å²) in [5.74, 6) is -1.13. The minimum absolute atomic E-state index is 0.110. The van der Waals surface area contributed by atoms with E-state index in [0.717, 1.165) is 10.6 Å². The highest BCUT2D eigenvalue weighted by molar-refractivity contribution is 7.92. The Bertz CT molecular complexity index is 928. The predicted octanol–water partition coefficient (Wildman–Crippen LogP) is 2.82. The Kier molecular flexibility index (Phi) is 6.10. The molecule has 26 heavy (non-hydrogen) atoms. The standard InChI is InChI=1S/C18H19FN2O4S/c1-13(22)14-5-3-8-17(11-14)21(26(2,24)25)10-9-18(23)20-16-7-4-6-15(19)12-16/h3-8,11-12H,9-10H2,1-2H3,(H,20,23). The van der Waals surface area contributed by atoms with Crippen LogP contribution in [0.5, 0.6) is 0 Å². The fourth-order valence-corrected chi connectivity index (χ4v) is 3.28. The second-order valence-corrected chi connectivity index (χ2v) is 7.66. The Hall–Kier alpha value is -2.74. The Morgan fingerprint density at radius 2 is 1.81 bits per heavy atom. The van der Waals surface area contributed by atoms with Crippen LogP contribution in [0.3, 0.4) is 0 Å². The molecule has 0 radical (unpaired) electrons. The number of benzene rings is 2. The van der Waals surface area contributed by atoms with Crippen LogP contribution in [0.2, 0.25) is 0 Å². The molecular formula is C18H19FN2O4S. The molecule has 2 rings (SSSR count). The van der Waals surface area contributed by atoms with E-state index in [1.54, 1.807) is 18.2 Å². The first-order chi connectivity index (χ1) is 12.2. The lowest BCUT2D eigenvalue weighted by molar-refractivity contribution is -0.116. The normalized spacial score (nSPS) is 11.0. The summed E-state index contributed by atoms with van der Waals surface area (Å²) < 4.78 is 38.4. The molecule has 0 saturated heterocycles. The van der Waals surface area contributed by atoms with Crippen molar-refractivity contribution in [3.8, 4) is 0 Å². The van der Waals surface area contributed by atoms with E-state index < -0.39 is 21.7 Å². The SMILES string of the molecule is CC(=O)c1cccc(N(CCC(=O)Nc2cccc(F)c2)S(C)(=O)=O)c1. The van der Waals surface area contributed by atoms with E-state index in [4.69, 9.17) is 0 Å². The largest absolute Gasteiger partial charge is 0.326 e. The molecule has 1 amide bonds. The Labute approximate surface area is 151 Å². The van der Waals surface area contributed by atoms with Crippen molar-refractivity contribution in [2.75, 3.05) is 22.4 Å². The van der Waals surface area contributed by atoms with Gasteiger partial charge in [-0.15, -0.1) is 0 Å². The third-order valence-electron chi connectivity index (χ3n) is 3.59. The van der Waals surface area contributed by atoms with E-state index in [9.17, 15) is 22.4 Å². The summed E-state index contributed by atoms with van der Waals surface area (Å²) in [6.07, 6.45) is 0.895. The maximum atomic E-state index is 13.1. The number of ketones is 1. The number of carbonyl (C=O) groups is 2. The van der Waals surface area contributed by atoms with E-state index >= 15 is 0 Å². The molecule has 1 N–H and O–H groups in total. The molecule has 2 aromatic carbocycles. The lowest BCUT2D eigenvalue weighted by Gasteiger charge is -2.22. The smallest absolute Gasteiger partial charge is 0.232 e. The van der Waals surface area contributed by atoms with Crippen molar-refractivity contribution in [3.63, 3.8) is 0 Å². The van der Waals surface area contributed by atoms with Gasteiger partial charge in [0.1, 0.15) is 5.82 Å². The van der Waals surface area contributed by atoms with Gasteiger partial charge in [-0.05, 0) is 37.3 Å². The fourth-order valence-electron chi connectivity index (χ4n) is 2.36. The van der Waals surface area contributed by atoms with Gasteiger partial charge >= 0.3 is 0 Å². The summed E-state index contributed by atoms with van der Waals surface area (Å²) in [6.45, 7) is 1.28. The van der Waals surface area contributed by atoms with Crippen LogP contribution in [-0.4, -0.2) is 32.9 Å². The average molecular weight is 378 g/mol. The first kappa shape index (κ1) is 19.6. The van der Waals surface area contributed by atoms with Crippen LogP contribution >= 0.6 is 0 Å². The maximum absolute atomic E-state index is 13.1. The predicted molar refractivity (Wildman–Crippen MR) is 98.3 cm³/mol. The lowest BCUT2D eigenvalue weighted by atomic mass is 10.1. The maximum Gasteiger partial charge on any atom is 0.232 e. The van der Waals surface area contributed by atoms with Gasteiger partial charge in [-0.25, -0.2) is 12.8 Å². The van der Waals surface area contributed by atoms with Crippen molar-refractivity contribution < 1.29 is 22.4 Å². The van der Waals surface area contributed by atoms with Gasteiger partial charge in [0.05, 0.1) is 11.9 Å². The molecule has 0 spiro atoms. The van der Waals surface area contributed by atoms with Gasteiger partial charge in [-0.3, -0.25) is 13.9 Å². The Balaban J connectivity index is 2.13. The minimum atomic E-state index is -3.65. The van der Waals surface area contributed by atoms with Gasteiger partial charge in [0.25, 0.3) is 0 Å². The van der Waals surface area contributed by atoms with Crippen LogP contribution in [0.4, 0.5) is 15.8 Å². The van der Waals surface area contributed by atoms with Gasteiger partial charge in [-0.2, -0.15) is 0 Å². The van der Waals surface area contributed by atoms with Crippen molar-refractivity contribution in [2.45, 2.75) is 13.3 Å². The van der Waals surface area contributed by atoms with E-state index in [-0.39, 0.29) is 18.7 Å². The molecule has 0 unspecified atom stereocenters. The Morgan fingerprint density at radius 3 is 2.42 bits per heavy atom. The monoisotopic (exact) mass is 378 g/mol. The summed E-state index contributed by atoms with van der Waals surface area (Å²) in [5.41, 5.74) is 0.971. The van der Waals surface area contributed by atoms with Crippen LogP contribution in [0.15, 0.2) is 48.5 Å². The number of nitrogens with one attached hydrogen (secondary N) is 1. The van der Waals surface area contributed by atoms with E-state index in [0.29, 0.717) is 16.9 Å². The number of amides is 1. The van der Waals surface area contributed by atoms with Crippen molar-refractivity contribution in [3.05, 3.63) is 59.9 Å². The quantitative estimate of drug-likeness (QED) is 0.751. The van der Waals surface area contributed by atoms with Gasteiger partial charge in [0.2, 0.25) is 15.9 Å². The van der Waals surface area contributed by atoms with Crippen LogP contribution in [0.1, 0.15) is 23.7 Å². The topological polar surface area (TPSA) is 83.6 Å². The molecule has 138 valence electrons. The molecule has 0 heterocycles. The lowest BCUT2D eigenvalue weighted by Crippen LogP contribution is -2.33. The van der Waals surface area contributed by atoms with E-state index in [1.165, 1.54) is 37.3 Å². The summed E-state index contributed by atoms with van der Waals surface area (Å²) in [6, 6.07) is 11.6. The zero-order valence-electron chi connectivity index (χ0n) is 14.4.